The van der Waals surface area contributed by atoms with Crippen molar-refractivity contribution in [2.45, 2.75) is 46.1 Å². The van der Waals surface area contributed by atoms with E-state index in [1.54, 1.807) is 0 Å². The standard InChI is InChI=1S/C23H26N4O/c1-16-10-11-18(15-17(16)2)23(28)25-13-14-27-21-9-4-3-7-19(21)22(26-27)20-8-5-6-12-24-20/h5-6,8,10-12,15H,3-4,7,9,13-14H2,1-2H3,(H,25,28). The van der Waals surface area contributed by atoms with Gasteiger partial charge >= 0.3 is 0 Å². The van der Waals surface area contributed by atoms with Crippen LogP contribution in [-0.4, -0.2) is 27.2 Å². The average Bonchev–Trinajstić information content (AvgIpc) is 3.09. The fourth-order valence-electron chi connectivity index (χ4n) is 3.82. The van der Waals surface area contributed by atoms with Gasteiger partial charge in [-0.3, -0.25) is 14.5 Å². The Labute approximate surface area is 165 Å². The quantitative estimate of drug-likeness (QED) is 0.737. The van der Waals surface area contributed by atoms with Crippen LogP contribution in [0.25, 0.3) is 11.4 Å². The van der Waals surface area contributed by atoms with Crippen molar-refractivity contribution in [3.8, 4) is 11.4 Å². The molecular weight excluding hydrogens is 348 g/mol. The topological polar surface area (TPSA) is 59.8 Å². The van der Waals surface area contributed by atoms with Crippen molar-refractivity contribution in [3.05, 3.63) is 70.5 Å². The largest absolute Gasteiger partial charge is 0.350 e. The molecule has 1 aliphatic carbocycles. The molecule has 4 rings (SSSR count). The number of carbonyl (C=O) groups excluding carboxylic acids is 1. The van der Waals surface area contributed by atoms with Gasteiger partial charge in [-0.05, 0) is 74.9 Å². The number of amides is 1. The monoisotopic (exact) mass is 374 g/mol. The van der Waals surface area contributed by atoms with E-state index in [1.165, 1.54) is 29.7 Å². The first-order chi connectivity index (χ1) is 13.6. The van der Waals surface area contributed by atoms with E-state index in [9.17, 15) is 4.79 Å². The van der Waals surface area contributed by atoms with E-state index in [0.29, 0.717) is 18.7 Å². The second-order valence-corrected chi connectivity index (χ2v) is 7.47. The Morgan fingerprint density at radius 3 is 2.75 bits per heavy atom. The molecule has 0 spiro atoms. The molecule has 0 aliphatic heterocycles. The van der Waals surface area contributed by atoms with Crippen molar-refractivity contribution in [3.63, 3.8) is 0 Å². The summed E-state index contributed by atoms with van der Waals surface area (Å²) in [5.41, 5.74) is 7.59. The number of nitrogens with zero attached hydrogens (tertiary/aromatic N) is 3. The predicted octanol–water partition coefficient (Wildman–Crippen LogP) is 3.87. The number of carbonyl (C=O) groups is 1. The zero-order valence-corrected chi connectivity index (χ0v) is 16.5. The Bertz CT molecular complexity index is 991. The van der Waals surface area contributed by atoms with E-state index >= 15 is 0 Å². The third kappa shape index (κ3) is 3.70. The molecule has 1 aromatic carbocycles. The highest BCUT2D eigenvalue weighted by atomic mass is 16.1. The summed E-state index contributed by atoms with van der Waals surface area (Å²) in [5.74, 6) is -0.0333. The Kier molecular flexibility index (Phi) is 5.24. The van der Waals surface area contributed by atoms with Crippen LogP contribution in [0.1, 0.15) is 45.6 Å². The van der Waals surface area contributed by atoms with Crippen LogP contribution in [0.15, 0.2) is 42.6 Å². The lowest BCUT2D eigenvalue weighted by molar-refractivity contribution is 0.0951. The number of hydrogen-bond donors (Lipinski definition) is 1. The lowest BCUT2D eigenvalue weighted by Gasteiger charge is -2.14. The number of benzene rings is 1. The second kappa shape index (κ2) is 7.97. The zero-order valence-electron chi connectivity index (χ0n) is 16.5. The maximum absolute atomic E-state index is 12.5. The maximum Gasteiger partial charge on any atom is 0.251 e. The molecule has 1 aliphatic rings. The third-order valence-electron chi connectivity index (χ3n) is 5.54. The molecular formula is C23H26N4O. The van der Waals surface area contributed by atoms with Crippen molar-refractivity contribution in [2.75, 3.05) is 6.54 Å². The van der Waals surface area contributed by atoms with Crippen LogP contribution < -0.4 is 5.32 Å². The first kappa shape index (κ1) is 18.4. The summed E-state index contributed by atoms with van der Waals surface area (Å²) in [6, 6.07) is 11.8. The highest BCUT2D eigenvalue weighted by molar-refractivity contribution is 5.94. The number of fused-ring (bicyclic) bond motifs is 1. The van der Waals surface area contributed by atoms with Crippen molar-refractivity contribution >= 4 is 5.91 Å². The van der Waals surface area contributed by atoms with E-state index in [4.69, 9.17) is 5.10 Å². The van der Waals surface area contributed by atoms with Gasteiger partial charge in [-0.2, -0.15) is 5.10 Å². The molecule has 28 heavy (non-hydrogen) atoms. The second-order valence-electron chi connectivity index (χ2n) is 7.47. The van der Waals surface area contributed by atoms with Gasteiger partial charge in [0.15, 0.2) is 0 Å². The highest BCUT2D eigenvalue weighted by Gasteiger charge is 2.22. The minimum atomic E-state index is -0.0333. The summed E-state index contributed by atoms with van der Waals surface area (Å²) >= 11 is 0. The van der Waals surface area contributed by atoms with Gasteiger partial charge in [-0.25, -0.2) is 0 Å². The Morgan fingerprint density at radius 2 is 1.96 bits per heavy atom. The van der Waals surface area contributed by atoms with Crippen LogP contribution in [0.4, 0.5) is 0 Å². The molecule has 5 heteroatoms. The Hall–Kier alpha value is -2.95. The molecule has 0 atom stereocenters. The predicted molar refractivity (Wildman–Crippen MR) is 110 cm³/mol. The lowest BCUT2D eigenvalue weighted by atomic mass is 9.95. The van der Waals surface area contributed by atoms with E-state index in [-0.39, 0.29) is 5.91 Å². The van der Waals surface area contributed by atoms with Crippen LogP contribution in [0, 0.1) is 13.8 Å². The summed E-state index contributed by atoms with van der Waals surface area (Å²) in [7, 11) is 0. The molecule has 5 nitrogen and oxygen atoms in total. The maximum atomic E-state index is 12.5. The Balaban J connectivity index is 1.48. The van der Waals surface area contributed by atoms with E-state index < -0.39 is 0 Å². The van der Waals surface area contributed by atoms with Crippen LogP contribution in [-0.2, 0) is 19.4 Å². The van der Waals surface area contributed by atoms with Crippen LogP contribution >= 0.6 is 0 Å². The summed E-state index contributed by atoms with van der Waals surface area (Å²) in [4.78, 5) is 17.0. The zero-order chi connectivity index (χ0) is 19.5. The van der Waals surface area contributed by atoms with Gasteiger partial charge in [-0.15, -0.1) is 0 Å². The SMILES string of the molecule is Cc1ccc(C(=O)NCCn2nc(-c3ccccn3)c3c2CCCC3)cc1C. The van der Waals surface area contributed by atoms with Crippen molar-refractivity contribution in [2.24, 2.45) is 0 Å². The molecule has 0 radical (unpaired) electrons. The number of aryl methyl sites for hydroxylation is 2. The summed E-state index contributed by atoms with van der Waals surface area (Å²) in [6.45, 7) is 5.31. The van der Waals surface area contributed by atoms with E-state index in [0.717, 1.165) is 29.8 Å². The number of rotatable bonds is 5. The molecule has 1 N–H and O–H groups in total. The number of pyridine rings is 1. The smallest absolute Gasteiger partial charge is 0.251 e. The van der Waals surface area contributed by atoms with Crippen molar-refractivity contribution in [1.82, 2.24) is 20.1 Å². The first-order valence-electron chi connectivity index (χ1n) is 9.99. The van der Waals surface area contributed by atoms with Gasteiger partial charge in [0.25, 0.3) is 5.91 Å². The lowest BCUT2D eigenvalue weighted by Crippen LogP contribution is -2.28. The van der Waals surface area contributed by atoms with Gasteiger partial charge in [0, 0.05) is 29.6 Å². The van der Waals surface area contributed by atoms with Crippen LogP contribution in [0.3, 0.4) is 0 Å². The minimum Gasteiger partial charge on any atom is -0.350 e. The normalized spacial score (nSPS) is 13.2. The summed E-state index contributed by atoms with van der Waals surface area (Å²) < 4.78 is 2.07. The van der Waals surface area contributed by atoms with E-state index in [2.05, 4.69) is 21.9 Å². The number of aromatic nitrogens is 3. The van der Waals surface area contributed by atoms with Gasteiger partial charge in [0.2, 0.25) is 0 Å². The molecule has 0 saturated heterocycles. The molecule has 0 saturated carbocycles. The molecule has 0 unspecified atom stereocenters. The van der Waals surface area contributed by atoms with Gasteiger partial charge in [0.05, 0.1) is 12.2 Å². The molecule has 0 bridgehead atoms. The number of nitrogens with one attached hydrogen (secondary N) is 1. The molecule has 1 amide bonds. The van der Waals surface area contributed by atoms with E-state index in [1.807, 2.05) is 49.5 Å². The van der Waals surface area contributed by atoms with Crippen LogP contribution in [0.2, 0.25) is 0 Å². The minimum absolute atomic E-state index is 0.0333. The van der Waals surface area contributed by atoms with Crippen molar-refractivity contribution < 1.29 is 4.79 Å². The fraction of sp³-hybridized carbons (Fsp3) is 0.348. The summed E-state index contributed by atoms with van der Waals surface area (Å²) in [6.07, 6.45) is 6.29. The molecule has 144 valence electrons. The molecule has 2 aromatic heterocycles. The fourth-order valence-corrected chi connectivity index (χ4v) is 3.82. The van der Waals surface area contributed by atoms with Gasteiger partial charge < -0.3 is 5.32 Å². The molecule has 0 fully saturated rings. The Morgan fingerprint density at radius 1 is 1.11 bits per heavy atom. The highest BCUT2D eigenvalue weighted by Crippen LogP contribution is 2.30. The molecule has 2 heterocycles. The first-order valence-corrected chi connectivity index (χ1v) is 9.99. The van der Waals surface area contributed by atoms with Gasteiger partial charge in [0.1, 0.15) is 5.69 Å². The van der Waals surface area contributed by atoms with Crippen molar-refractivity contribution in [1.29, 1.82) is 0 Å². The average molecular weight is 374 g/mol. The van der Waals surface area contributed by atoms with Crippen LogP contribution in [0.5, 0.6) is 0 Å². The molecule has 3 aromatic rings. The third-order valence-corrected chi connectivity index (χ3v) is 5.54. The van der Waals surface area contributed by atoms with Gasteiger partial charge in [-0.1, -0.05) is 12.1 Å². The summed E-state index contributed by atoms with van der Waals surface area (Å²) in [5, 5.41) is 7.89. The number of hydrogen-bond acceptors (Lipinski definition) is 3.